The van der Waals surface area contributed by atoms with Gasteiger partial charge in [0, 0.05) is 8.95 Å². The van der Waals surface area contributed by atoms with Crippen molar-refractivity contribution in [3.05, 3.63) is 73.5 Å². The molecule has 0 aromatic heterocycles. The molecule has 0 atom stereocenters. The van der Waals surface area contributed by atoms with Gasteiger partial charge in [-0.25, -0.2) is 0 Å². The summed E-state index contributed by atoms with van der Waals surface area (Å²) in [6.07, 6.45) is 3.45. The van der Waals surface area contributed by atoms with Crippen LogP contribution in [0.2, 0.25) is 0 Å². The van der Waals surface area contributed by atoms with Crippen LogP contribution in [0.15, 0.2) is 67.5 Å². The van der Waals surface area contributed by atoms with Crippen molar-refractivity contribution in [3.8, 4) is 0 Å². The predicted octanol–water partition coefficient (Wildman–Crippen LogP) is 5.45. The van der Waals surface area contributed by atoms with E-state index in [4.69, 9.17) is 12.2 Å². The Labute approximate surface area is 166 Å². The Morgan fingerprint density at radius 3 is 2.08 bits per heavy atom. The van der Waals surface area contributed by atoms with Gasteiger partial charge in [-0.1, -0.05) is 67.9 Å². The number of thioether (sulfide) groups is 1. The first-order valence-corrected chi connectivity index (χ1v) is 9.67. The van der Waals surface area contributed by atoms with Crippen molar-refractivity contribution in [3.63, 3.8) is 0 Å². The molecular formula is C17H10Br2N2OS2. The molecule has 2 aromatic rings. The minimum atomic E-state index is -0.207. The number of thiocarbonyl (C=S) groups is 1. The normalized spacial score (nSPS) is 16.6. The molecule has 0 bridgehead atoms. The van der Waals surface area contributed by atoms with Crippen LogP contribution in [0.5, 0.6) is 0 Å². The van der Waals surface area contributed by atoms with Crippen LogP contribution in [0, 0.1) is 0 Å². The lowest BCUT2D eigenvalue weighted by Crippen LogP contribution is -2.22. The molecule has 3 nitrogen and oxygen atoms in total. The molecule has 0 saturated carbocycles. The van der Waals surface area contributed by atoms with Crippen molar-refractivity contribution in [2.75, 3.05) is 0 Å². The van der Waals surface area contributed by atoms with E-state index in [1.54, 1.807) is 6.21 Å². The summed E-state index contributed by atoms with van der Waals surface area (Å²) in [5.74, 6) is -0.207. The molecular weight excluding hydrogens is 472 g/mol. The summed E-state index contributed by atoms with van der Waals surface area (Å²) < 4.78 is 2.41. The molecule has 2 aromatic carbocycles. The highest BCUT2D eigenvalue weighted by atomic mass is 79.9. The summed E-state index contributed by atoms with van der Waals surface area (Å²) in [7, 11) is 0. The first-order valence-electron chi connectivity index (χ1n) is 6.86. The number of hydrogen-bond acceptors (Lipinski definition) is 4. The van der Waals surface area contributed by atoms with E-state index in [2.05, 4.69) is 37.0 Å². The highest BCUT2D eigenvalue weighted by Gasteiger charge is 2.31. The zero-order valence-corrected chi connectivity index (χ0v) is 17.0. The highest BCUT2D eigenvalue weighted by molar-refractivity contribution is 9.10. The molecule has 1 aliphatic heterocycles. The van der Waals surface area contributed by atoms with Crippen LogP contribution in [-0.2, 0) is 4.79 Å². The maximum absolute atomic E-state index is 12.5. The lowest BCUT2D eigenvalue weighted by molar-refractivity contribution is -0.122. The van der Waals surface area contributed by atoms with Crippen molar-refractivity contribution in [1.29, 1.82) is 0 Å². The van der Waals surface area contributed by atoms with Gasteiger partial charge in [-0.3, -0.25) is 4.79 Å². The number of halogens is 2. The average Bonchev–Trinajstić information content (AvgIpc) is 2.83. The van der Waals surface area contributed by atoms with Crippen molar-refractivity contribution < 1.29 is 4.79 Å². The second-order valence-corrected chi connectivity index (χ2v) is 8.35. The standard InChI is InChI=1S/C17H10Br2N2OS2/c18-13-5-1-11(2-6-13)9-15-16(22)21(17(23)24-15)20-10-12-3-7-14(19)8-4-12/h1-10H. The lowest BCUT2D eigenvalue weighted by Gasteiger charge is -2.06. The van der Waals surface area contributed by atoms with Gasteiger partial charge in [0.25, 0.3) is 5.91 Å². The van der Waals surface area contributed by atoms with Gasteiger partial charge in [0.05, 0.1) is 11.1 Å². The predicted molar refractivity (Wildman–Crippen MR) is 111 cm³/mol. The number of carbonyl (C=O) groups excluding carboxylic acids is 1. The van der Waals surface area contributed by atoms with Crippen LogP contribution in [0.4, 0.5) is 0 Å². The lowest BCUT2D eigenvalue weighted by atomic mass is 10.2. The molecule has 0 spiro atoms. The van der Waals surface area contributed by atoms with E-state index in [-0.39, 0.29) is 5.91 Å². The van der Waals surface area contributed by atoms with Crippen molar-refractivity contribution in [1.82, 2.24) is 5.01 Å². The Morgan fingerprint density at radius 2 is 1.50 bits per heavy atom. The second-order valence-electron chi connectivity index (χ2n) is 4.84. The highest BCUT2D eigenvalue weighted by Crippen LogP contribution is 2.32. The summed E-state index contributed by atoms with van der Waals surface area (Å²) in [4.78, 5) is 13.0. The number of rotatable bonds is 3. The third-order valence-electron chi connectivity index (χ3n) is 3.13. The van der Waals surface area contributed by atoms with Gasteiger partial charge < -0.3 is 0 Å². The van der Waals surface area contributed by atoms with E-state index in [1.165, 1.54) is 16.8 Å². The fourth-order valence-electron chi connectivity index (χ4n) is 1.94. The summed E-state index contributed by atoms with van der Waals surface area (Å²) in [5.41, 5.74) is 1.83. The fraction of sp³-hybridized carbons (Fsp3) is 0. The van der Waals surface area contributed by atoms with E-state index < -0.39 is 0 Å². The molecule has 7 heteroatoms. The number of amides is 1. The third kappa shape index (κ3) is 4.22. The van der Waals surface area contributed by atoms with Crippen LogP contribution >= 0.6 is 55.8 Å². The summed E-state index contributed by atoms with van der Waals surface area (Å²) in [6, 6.07) is 15.4. The molecule has 1 fully saturated rings. The molecule has 0 N–H and O–H groups in total. The van der Waals surface area contributed by atoms with E-state index in [0.717, 1.165) is 20.1 Å². The SMILES string of the molecule is O=C1C(=Cc2ccc(Br)cc2)SC(=S)N1N=Cc1ccc(Br)cc1. The Hall–Kier alpha value is -1.28. The molecule has 1 aliphatic rings. The van der Waals surface area contributed by atoms with E-state index in [9.17, 15) is 4.79 Å². The minimum absolute atomic E-state index is 0.207. The summed E-state index contributed by atoms with van der Waals surface area (Å²) >= 11 is 13.3. The molecule has 0 radical (unpaired) electrons. The topological polar surface area (TPSA) is 32.7 Å². The molecule has 1 heterocycles. The molecule has 24 heavy (non-hydrogen) atoms. The zero-order chi connectivity index (χ0) is 17.1. The van der Waals surface area contributed by atoms with Gasteiger partial charge in [-0.15, -0.1) is 0 Å². The van der Waals surface area contributed by atoms with Gasteiger partial charge in [-0.05, 0) is 53.7 Å². The Bertz CT molecular complexity index is 846. The number of hydrogen-bond donors (Lipinski definition) is 0. The minimum Gasteiger partial charge on any atom is -0.266 e. The number of benzene rings is 2. The molecule has 0 unspecified atom stereocenters. The zero-order valence-electron chi connectivity index (χ0n) is 12.1. The van der Waals surface area contributed by atoms with Crippen molar-refractivity contribution in [2.24, 2.45) is 5.10 Å². The first kappa shape index (κ1) is 17.5. The maximum atomic E-state index is 12.5. The Kier molecular flexibility index (Phi) is 5.65. The van der Waals surface area contributed by atoms with Crippen LogP contribution < -0.4 is 0 Å². The summed E-state index contributed by atoms with van der Waals surface area (Å²) in [5, 5.41) is 5.48. The van der Waals surface area contributed by atoms with Crippen LogP contribution in [0.1, 0.15) is 11.1 Å². The van der Waals surface area contributed by atoms with Gasteiger partial charge in [0.2, 0.25) is 0 Å². The maximum Gasteiger partial charge on any atom is 0.286 e. The molecule has 1 amide bonds. The van der Waals surface area contributed by atoms with E-state index >= 15 is 0 Å². The van der Waals surface area contributed by atoms with Crippen molar-refractivity contribution >= 4 is 78.4 Å². The van der Waals surface area contributed by atoms with Crippen LogP contribution in [0.3, 0.4) is 0 Å². The van der Waals surface area contributed by atoms with Gasteiger partial charge in [0.15, 0.2) is 4.32 Å². The van der Waals surface area contributed by atoms with Crippen LogP contribution in [0.25, 0.3) is 6.08 Å². The molecule has 3 rings (SSSR count). The van der Waals surface area contributed by atoms with Gasteiger partial charge >= 0.3 is 0 Å². The quantitative estimate of drug-likeness (QED) is 0.332. The number of carbonyl (C=O) groups is 1. The third-order valence-corrected chi connectivity index (χ3v) is 5.47. The summed E-state index contributed by atoms with van der Waals surface area (Å²) in [6.45, 7) is 0. The average molecular weight is 482 g/mol. The Balaban J connectivity index is 1.78. The van der Waals surface area contributed by atoms with Crippen LogP contribution in [-0.4, -0.2) is 21.5 Å². The van der Waals surface area contributed by atoms with E-state index in [1.807, 2.05) is 54.6 Å². The molecule has 120 valence electrons. The van der Waals surface area contributed by atoms with Gasteiger partial charge in [-0.2, -0.15) is 10.1 Å². The Morgan fingerprint density at radius 1 is 0.958 bits per heavy atom. The van der Waals surface area contributed by atoms with E-state index in [0.29, 0.717) is 9.23 Å². The second kappa shape index (κ2) is 7.74. The molecule has 0 aliphatic carbocycles. The monoisotopic (exact) mass is 480 g/mol. The van der Waals surface area contributed by atoms with Crippen molar-refractivity contribution in [2.45, 2.75) is 0 Å². The molecule has 1 saturated heterocycles. The number of hydrazone groups is 1. The fourth-order valence-corrected chi connectivity index (χ4v) is 3.64. The smallest absolute Gasteiger partial charge is 0.266 e. The number of nitrogens with zero attached hydrogens (tertiary/aromatic N) is 2. The first-order chi connectivity index (χ1) is 11.5. The largest absolute Gasteiger partial charge is 0.286 e. The van der Waals surface area contributed by atoms with Gasteiger partial charge in [0.1, 0.15) is 0 Å².